The van der Waals surface area contributed by atoms with E-state index in [-0.39, 0.29) is 5.91 Å². The fourth-order valence-corrected chi connectivity index (χ4v) is 4.44. The van der Waals surface area contributed by atoms with Gasteiger partial charge in [-0.05, 0) is 54.0 Å². The topological polar surface area (TPSA) is 66.0 Å². The Morgan fingerprint density at radius 3 is 2.26 bits per heavy atom. The number of ether oxygens (including phenoxy) is 4. The number of carbonyl (C=O) groups is 1. The van der Waals surface area contributed by atoms with Crippen molar-refractivity contribution >= 4 is 40.3 Å². The van der Waals surface area contributed by atoms with Gasteiger partial charge in [0.05, 0.1) is 18.6 Å². The van der Waals surface area contributed by atoms with Crippen LogP contribution in [0.15, 0.2) is 71.6 Å². The first-order chi connectivity index (χ1) is 17.1. The van der Waals surface area contributed by atoms with Crippen LogP contribution in [0.25, 0.3) is 6.08 Å². The molecule has 3 aromatic rings. The fourth-order valence-electron chi connectivity index (χ4n) is 3.39. The van der Waals surface area contributed by atoms with Gasteiger partial charge in [0.1, 0.15) is 17.5 Å². The highest BCUT2D eigenvalue weighted by Crippen LogP contribution is 2.33. The van der Waals surface area contributed by atoms with E-state index in [9.17, 15) is 4.79 Å². The standard InChI is InChI=1S/C27H25NO5S2/c1-3-31-24-13-19(15-25-26(29)28-27(34)35-25)9-11-22(24)33-17-20-10-12-21(23(14-20)30-2)32-16-18-7-5-4-6-8-18/h4-15H,3,16-17H2,1-2H3,(H,28,29,34)/b25-15+. The molecule has 0 spiro atoms. The highest BCUT2D eigenvalue weighted by atomic mass is 32.2. The minimum atomic E-state index is -0.191. The molecular weight excluding hydrogens is 482 g/mol. The number of hydrogen-bond acceptors (Lipinski definition) is 7. The van der Waals surface area contributed by atoms with Crippen molar-refractivity contribution in [3.8, 4) is 23.0 Å². The molecule has 4 rings (SSSR count). The molecule has 0 atom stereocenters. The third kappa shape index (κ3) is 6.55. The molecule has 1 heterocycles. The summed E-state index contributed by atoms with van der Waals surface area (Å²) in [6.07, 6.45) is 1.78. The molecule has 0 saturated carbocycles. The quantitative estimate of drug-likeness (QED) is 0.277. The van der Waals surface area contributed by atoms with E-state index in [1.54, 1.807) is 13.2 Å². The van der Waals surface area contributed by atoms with E-state index in [0.717, 1.165) is 16.7 Å². The van der Waals surface area contributed by atoms with Crippen molar-refractivity contribution in [1.82, 2.24) is 5.32 Å². The van der Waals surface area contributed by atoms with Crippen LogP contribution in [-0.2, 0) is 18.0 Å². The van der Waals surface area contributed by atoms with Gasteiger partial charge < -0.3 is 24.3 Å². The molecule has 0 unspecified atom stereocenters. The van der Waals surface area contributed by atoms with Gasteiger partial charge in [-0.1, -0.05) is 66.4 Å². The summed E-state index contributed by atoms with van der Waals surface area (Å²) in [5.74, 6) is 2.32. The highest BCUT2D eigenvalue weighted by Gasteiger charge is 2.22. The second kappa shape index (κ2) is 11.8. The molecule has 0 aliphatic carbocycles. The van der Waals surface area contributed by atoms with E-state index in [1.807, 2.05) is 73.7 Å². The number of benzene rings is 3. The number of thiocarbonyl (C=S) groups is 1. The van der Waals surface area contributed by atoms with Gasteiger partial charge in [0.15, 0.2) is 23.0 Å². The minimum absolute atomic E-state index is 0.191. The van der Waals surface area contributed by atoms with Gasteiger partial charge in [0, 0.05) is 0 Å². The molecule has 0 bridgehead atoms. The van der Waals surface area contributed by atoms with E-state index in [1.165, 1.54) is 11.8 Å². The van der Waals surface area contributed by atoms with Crippen LogP contribution < -0.4 is 24.3 Å². The number of methoxy groups -OCH3 is 1. The zero-order chi connectivity index (χ0) is 24.6. The number of rotatable bonds is 10. The van der Waals surface area contributed by atoms with Gasteiger partial charge in [-0.25, -0.2) is 0 Å². The van der Waals surface area contributed by atoms with E-state index < -0.39 is 0 Å². The van der Waals surface area contributed by atoms with E-state index in [2.05, 4.69) is 5.32 Å². The Labute approximate surface area is 214 Å². The number of carbonyl (C=O) groups excluding carboxylic acids is 1. The van der Waals surface area contributed by atoms with Crippen LogP contribution in [0.5, 0.6) is 23.0 Å². The summed E-state index contributed by atoms with van der Waals surface area (Å²) in [6, 6.07) is 21.3. The number of nitrogens with one attached hydrogen (secondary N) is 1. The lowest BCUT2D eigenvalue weighted by Crippen LogP contribution is -2.17. The van der Waals surface area contributed by atoms with Crippen molar-refractivity contribution in [2.45, 2.75) is 20.1 Å². The molecule has 1 N–H and O–H groups in total. The Bertz CT molecular complexity index is 1240. The molecule has 1 fully saturated rings. The Balaban J connectivity index is 1.44. The monoisotopic (exact) mass is 507 g/mol. The Morgan fingerprint density at radius 2 is 1.57 bits per heavy atom. The first kappa shape index (κ1) is 24.6. The maximum atomic E-state index is 12.0. The number of hydrogen-bond donors (Lipinski definition) is 1. The average Bonchev–Trinajstić information content (AvgIpc) is 3.19. The van der Waals surface area contributed by atoms with Crippen molar-refractivity contribution in [3.05, 3.63) is 88.3 Å². The van der Waals surface area contributed by atoms with E-state index in [0.29, 0.717) is 52.0 Å². The zero-order valence-corrected chi connectivity index (χ0v) is 21.0. The molecule has 1 aliphatic rings. The number of amides is 1. The molecule has 3 aromatic carbocycles. The Morgan fingerprint density at radius 1 is 0.857 bits per heavy atom. The van der Waals surface area contributed by atoms with Gasteiger partial charge in [0.25, 0.3) is 5.91 Å². The summed E-state index contributed by atoms with van der Waals surface area (Å²) in [5.41, 5.74) is 2.83. The van der Waals surface area contributed by atoms with Gasteiger partial charge in [-0.3, -0.25) is 4.79 Å². The molecule has 8 heteroatoms. The maximum absolute atomic E-state index is 12.0. The molecule has 0 radical (unpaired) electrons. The second-order valence-corrected chi connectivity index (χ2v) is 9.26. The van der Waals surface area contributed by atoms with Gasteiger partial charge in [-0.2, -0.15) is 0 Å². The van der Waals surface area contributed by atoms with Crippen LogP contribution in [-0.4, -0.2) is 23.9 Å². The predicted molar refractivity (Wildman–Crippen MR) is 142 cm³/mol. The third-order valence-corrected chi connectivity index (χ3v) is 6.23. The van der Waals surface area contributed by atoms with Crippen LogP contribution in [0, 0.1) is 0 Å². The summed E-state index contributed by atoms with van der Waals surface area (Å²) in [5, 5.41) is 2.62. The summed E-state index contributed by atoms with van der Waals surface area (Å²) < 4.78 is 23.8. The summed E-state index contributed by atoms with van der Waals surface area (Å²) in [6.45, 7) is 3.17. The molecule has 1 aliphatic heterocycles. The maximum Gasteiger partial charge on any atom is 0.263 e. The molecule has 35 heavy (non-hydrogen) atoms. The molecule has 1 amide bonds. The van der Waals surface area contributed by atoms with Crippen molar-refractivity contribution in [1.29, 1.82) is 0 Å². The summed E-state index contributed by atoms with van der Waals surface area (Å²) in [7, 11) is 1.62. The van der Waals surface area contributed by atoms with Gasteiger partial charge in [-0.15, -0.1) is 0 Å². The Hall–Kier alpha value is -3.49. The second-order valence-electron chi connectivity index (χ2n) is 7.54. The lowest BCUT2D eigenvalue weighted by molar-refractivity contribution is -0.115. The van der Waals surface area contributed by atoms with E-state index in [4.69, 9.17) is 31.2 Å². The molecule has 1 saturated heterocycles. The number of thioether (sulfide) groups is 1. The van der Waals surface area contributed by atoms with Gasteiger partial charge >= 0.3 is 0 Å². The lowest BCUT2D eigenvalue weighted by atomic mass is 10.1. The van der Waals surface area contributed by atoms with Crippen molar-refractivity contribution in [2.75, 3.05) is 13.7 Å². The first-order valence-corrected chi connectivity index (χ1v) is 12.3. The highest BCUT2D eigenvalue weighted by molar-refractivity contribution is 8.26. The van der Waals surface area contributed by atoms with Crippen molar-refractivity contribution < 1.29 is 23.7 Å². The van der Waals surface area contributed by atoms with Crippen molar-refractivity contribution in [2.24, 2.45) is 0 Å². The van der Waals surface area contributed by atoms with Crippen LogP contribution >= 0.6 is 24.0 Å². The summed E-state index contributed by atoms with van der Waals surface area (Å²) >= 11 is 6.29. The average molecular weight is 508 g/mol. The van der Waals surface area contributed by atoms with Crippen molar-refractivity contribution in [3.63, 3.8) is 0 Å². The molecule has 6 nitrogen and oxygen atoms in total. The van der Waals surface area contributed by atoms with E-state index >= 15 is 0 Å². The normalized spacial score (nSPS) is 14.1. The van der Waals surface area contributed by atoms with Crippen LogP contribution in [0.2, 0.25) is 0 Å². The molecular formula is C27H25NO5S2. The fraction of sp³-hybridized carbons (Fsp3) is 0.185. The predicted octanol–water partition coefficient (Wildman–Crippen LogP) is 5.74. The molecule has 0 aromatic heterocycles. The molecule has 180 valence electrons. The third-order valence-electron chi connectivity index (χ3n) is 5.07. The smallest absolute Gasteiger partial charge is 0.263 e. The van der Waals surface area contributed by atoms with Crippen LogP contribution in [0.3, 0.4) is 0 Å². The van der Waals surface area contributed by atoms with Gasteiger partial charge in [0.2, 0.25) is 0 Å². The van der Waals surface area contributed by atoms with Crippen LogP contribution in [0.1, 0.15) is 23.6 Å². The summed E-state index contributed by atoms with van der Waals surface area (Å²) in [4.78, 5) is 12.5. The largest absolute Gasteiger partial charge is 0.493 e. The first-order valence-electron chi connectivity index (χ1n) is 11.0. The van der Waals surface area contributed by atoms with Crippen LogP contribution in [0.4, 0.5) is 0 Å². The minimum Gasteiger partial charge on any atom is -0.493 e. The SMILES string of the molecule is CCOc1cc(/C=C2/SC(=S)NC2=O)ccc1OCc1ccc(OCc2ccccc2)c(OC)c1. The lowest BCUT2D eigenvalue weighted by Gasteiger charge is -2.15. The zero-order valence-electron chi connectivity index (χ0n) is 19.4. The Kier molecular flexibility index (Phi) is 8.28.